The first-order valence-corrected chi connectivity index (χ1v) is 5.95. The quantitative estimate of drug-likeness (QED) is 0.752. The van der Waals surface area contributed by atoms with Gasteiger partial charge in [0.2, 0.25) is 0 Å². The van der Waals surface area contributed by atoms with Gasteiger partial charge < -0.3 is 0 Å². The predicted molar refractivity (Wildman–Crippen MR) is 61.8 cm³/mol. The summed E-state index contributed by atoms with van der Waals surface area (Å²) in [4.78, 5) is 2.89. The van der Waals surface area contributed by atoms with Crippen LogP contribution in [0.1, 0.15) is 16.0 Å². The molecule has 0 aliphatic heterocycles. The number of thiophene rings is 2. The van der Waals surface area contributed by atoms with Crippen molar-refractivity contribution in [3.63, 3.8) is 0 Å². The monoisotopic (exact) mass is 230 g/mol. The number of hydrogen-bond acceptors (Lipinski definition) is 4. The zero-order valence-electron chi connectivity index (χ0n) is 7.94. The highest BCUT2D eigenvalue weighted by atomic mass is 32.1. The minimum atomic E-state index is 0.516. The molecule has 2 rings (SSSR count). The molecule has 0 amide bonds. The van der Waals surface area contributed by atoms with Crippen LogP contribution in [0.2, 0.25) is 0 Å². The Morgan fingerprint density at radius 1 is 1.20 bits per heavy atom. The fourth-order valence-corrected chi connectivity index (χ4v) is 3.28. The number of nitrogens with zero attached hydrogens (tertiary/aromatic N) is 2. The minimum absolute atomic E-state index is 0.516. The van der Waals surface area contributed by atoms with E-state index in [0.29, 0.717) is 11.1 Å². The summed E-state index contributed by atoms with van der Waals surface area (Å²) in [5.41, 5.74) is 1.04. The molecule has 0 aromatic carbocycles. The van der Waals surface area contributed by atoms with Crippen LogP contribution in [0.25, 0.3) is 9.75 Å². The maximum absolute atomic E-state index is 9.05. The van der Waals surface area contributed by atoms with Gasteiger partial charge in [0.05, 0.1) is 16.0 Å². The third kappa shape index (κ3) is 1.55. The minimum Gasteiger partial charge on any atom is -0.192 e. The summed E-state index contributed by atoms with van der Waals surface area (Å²) >= 11 is 3.10. The zero-order valence-corrected chi connectivity index (χ0v) is 9.58. The van der Waals surface area contributed by atoms with Crippen LogP contribution in [-0.2, 0) is 0 Å². The molecule has 0 fully saturated rings. The van der Waals surface area contributed by atoms with E-state index in [1.54, 1.807) is 11.3 Å². The summed E-state index contributed by atoms with van der Waals surface area (Å²) in [5.74, 6) is 0. The summed E-state index contributed by atoms with van der Waals surface area (Å²) in [7, 11) is 0. The molecule has 0 saturated heterocycles. The molecule has 0 bridgehead atoms. The van der Waals surface area contributed by atoms with Crippen molar-refractivity contribution in [1.29, 1.82) is 10.5 Å². The number of rotatable bonds is 1. The topological polar surface area (TPSA) is 47.6 Å². The van der Waals surface area contributed by atoms with Crippen molar-refractivity contribution < 1.29 is 0 Å². The average Bonchev–Trinajstić information content (AvgIpc) is 2.83. The van der Waals surface area contributed by atoms with E-state index in [4.69, 9.17) is 10.5 Å². The fraction of sp³-hybridized carbons (Fsp3) is 0.0909. The SMILES string of the molecule is Cc1sc(-c2cccs2)c(C#N)c1C#N. The van der Waals surface area contributed by atoms with E-state index in [1.165, 1.54) is 11.3 Å². The Labute approximate surface area is 95.6 Å². The highest BCUT2D eigenvalue weighted by Crippen LogP contribution is 2.37. The first-order valence-electron chi connectivity index (χ1n) is 4.25. The highest BCUT2D eigenvalue weighted by Gasteiger charge is 2.16. The van der Waals surface area contributed by atoms with E-state index >= 15 is 0 Å². The highest BCUT2D eigenvalue weighted by molar-refractivity contribution is 7.21. The van der Waals surface area contributed by atoms with Crippen LogP contribution in [0, 0.1) is 29.6 Å². The normalized spacial score (nSPS) is 9.53. The molecule has 2 aromatic heterocycles. The summed E-state index contributed by atoms with van der Waals surface area (Å²) in [6.07, 6.45) is 0. The molecule has 0 unspecified atom stereocenters. The van der Waals surface area contributed by atoms with Crippen LogP contribution in [0.5, 0.6) is 0 Å². The molecule has 4 heteroatoms. The van der Waals surface area contributed by atoms with E-state index in [9.17, 15) is 0 Å². The van der Waals surface area contributed by atoms with Gasteiger partial charge in [-0.2, -0.15) is 10.5 Å². The molecular weight excluding hydrogens is 224 g/mol. The van der Waals surface area contributed by atoms with E-state index in [0.717, 1.165) is 14.6 Å². The maximum Gasteiger partial charge on any atom is 0.102 e. The van der Waals surface area contributed by atoms with Crippen LogP contribution < -0.4 is 0 Å². The van der Waals surface area contributed by atoms with Crippen LogP contribution in [0.3, 0.4) is 0 Å². The molecule has 0 aliphatic carbocycles. The first kappa shape index (κ1) is 9.92. The lowest BCUT2D eigenvalue weighted by molar-refractivity contribution is 1.43. The van der Waals surface area contributed by atoms with Gasteiger partial charge in [-0.3, -0.25) is 0 Å². The largest absolute Gasteiger partial charge is 0.192 e. The van der Waals surface area contributed by atoms with Crippen molar-refractivity contribution in [2.24, 2.45) is 0 Å². The standard InChI is InChI=1S/C11H6N2S2/c1-7-8(5-12)9(6-13)11(15-7)10-3-2-4-14-10/h2-4H,1H3. The third-order valence-corrected chi connectivity index (χ3v) is 4.21. The maximum atomic E-state index is 9.05. The molecule has 2 aromatic rings. The van der Waals surface area contributed by atoms with Crippen molar-refractivity contribution in [3.05, 3.63) is 33.5 Å². The smallest absolute Gasteiger partial charge is 0.102 e. The van der Waals surface area contributed by atoms with Crippen LogP contribution in [0.4, 0.5) is 0 Å². The fourth-order valence-electron chi connectivity index (χ4n) is 1.37. The third-order valence-electron chi connectivity index (χ3n) is 2.05. The molecule has 15 heavy (non-hydrogen) atoms. The van der Waals surface area contributed by atoms with Crippen LogP contribution >= 0.6 is 22.7 Å². The molecule has 2 nitrogen and oxygen atoms in total. The molecule has 72 valence electrons. The molecule has 0 aliphatic rings. The zero-order chi connectivity index (χ0) is 10.8. The van der Waals surface area contributed by atoms with Gasteiger partial charge in [-0.15, -0.1) is 22.7 Å². The summed E-state index contributed by atoms with van der Waals surface area (Å²) in [6.45, 7) is 1.88. The van der Waals surface area contributed by atoms with Crippen molar-refractivity contribution >= 4 is 22.7 Å². The van der Waals surface area contributed by atoms with E-state index in [2.05, 4.69) is 12.1 Å². The van der Waals surface area contributed by atoms with Crippen molar-refractivity contribution in [3.8, 4) is 21.9 Å². The number of hydrogen-bond donors (Lipinski definition) is 0. The lowest BCUT2D eigenvalue weighted by Gasteiger charge is -1.90. The van der Waals surface area contributed by atoms with Gasteiger partial charge in [0, 0.05) is 9.75 Å². The molecule has 0 N–H and O–H groups in total. The number of nitriles is 2. The van der Waals surface area contributed by atoms with Gasteiger partial charge in [-0.25, -0.2) is 0 Å². The molecule has 0 radical (unpaired) electrons. The lowest BCUT2D eigenvalue weighted by atomic mass is 10.1. The summed E-state index contributed by atoms with van der Waals surface area (Å²) in [5, 5.41) is 20.0. The van der Waals surface area contributed by atoms with E-state index in [1.807, 2.05) is 24.4 Å². The second kappa shape index (κ2) is 3.86. The van der Waals surface area contributed by atoms with Crippen molar-refractivity contribution in [2.45, 2.75) is 6.92 Å². The van der Waals surface area contributed by atoms with Crippen molar-refractivity contribution in [1.82, 2.24) is 0 Å². The summed E-state index contributed by atoms with van der Waals surface area (Å²) < 4.78 is 0. The molecule has 2 heterocycles. The van der Waals surface area contributed by atoms with Gasteiger partial charge >= 0.3 is 0 Å². The molecule has 0 atom stereocenters. The van der Waals surface area contributed by atoms with Crippen LogP contribution in [0.15, 0.2) is 17.5 Å². The van der Waals surface area contributed by atoms with Gasteiger partial charge in [0.25, 0.3) is 0 Å². The Bertz CT molecular complexity index is 565. The Hall–Kier alpha value is -1.62. The Morgan fingerprint density at radius 3 is 2.47 bits per heavy atom. The second-order valence-corrected chi connectivity index (χ2v) is 5.11. The Morgan fingerprint density at radius 2 is 1.93 bits per heavy atom. The van der Waals surface area contributed by atoms with E-state index in [-0.39, 0.29) is 0 Å². The molecule has 0 spiro atoms. The Balaban J connectivity index is 2.71. The number of aryl methyl sites for hydroxylation is 1. The van der Waals surface area contributed by atoms with Crippen molar-refractivity contribution in [2.75, 3.05) is 0 Å². The van der Waals surface area contributed by atoms with Crippen LogP contribution in [-0.4, -0.2) is 0 Å². The van der Waals surface area contributed by atoms with E-state index < -0.39 is 0 Å². The van der Waals surface area contributed by atoms with Gasteiger partial charge in [-0.05, 0) is 18.4 Å². The Kier molecular flexibility index (Phi) is 2.55. The molecule has 0 saturated carbocycles. The molecular formula is C11H6N2S2. The van der Waals surface area contributed by atoms with Gasteiger partial charge in [0.1, 0.15) is 12.1 Å². The average molecular weight is 230 g/mol. The van der Waals surface area contributed by atoms with Gasteiger partial charge in [0.15, 0.2) is 0 Å². The lowest BCUT2D eigenvalue weighted by Crippen LogP contribution is -1.79. The van der Waals surface area contributed by atoms with Gasteiger partial charge in [-0.1, -0.05) is 6.07 Å². The first-order chi connectivity index (χ1) is 7.27. The predicted octanol–water partition coefficient (Wildman–Crippen LogP) is 3.53. The second-order valence-electron chi connectivity index (χ2n) is 2.94. The summed E-state index contributed by atoms with van der Waals surface area (Å²) in [6, 6.07) is 8.13.